The fourth-order valence-electron chi connectivity index (χ4n) is 4.19. The molecule has 0 saturated carbocycles. The smallest absolute Gasteiger partial charge is 0.340 e. The number of halogens is 2. The molecule has 172 valence electrons. The van der Waals surface area contributed by atoms with E-state index in [-0.39, 0.29) is 23.4 Å². The van der Waals surface area contributed by atoms with Crippen LogP contribution in [0, 0.1) is 5.82 Å². The van der Waals surface area contributed by atoms with Crippen LogP contribution in [0.15, 0.2) is 71.5 Å². The largest absolute Gasteiger partial charge is 0.465 e. The van der Waals surface area contributed by atoms with Crippen LogP contribution in [0.1, 0.15) is 21.5 Å². The molecule has 2 heterocycles. The maximum absolute atomic E-state index is 15.1. The number of aromatic nitrogens is 2. The third-order valence-electron chi connectivity index (χ3n) is 5.91. The number of methoxy groups -OCH3 is 1. The van der Waals surface area contributed by atoms with Crippen molar-refractivity contribution in [1.29, 1.82) is 0 Å². The number of ether oxygens (including phenoxy) is 2. The van der Waals surface area contributed by atoms with Crippen LogP contribution in [-0.4, -0.2) is 35.4 Å². The normalized spacial score (nSPS) is 13.3. The van der Waals surface area contributed by atoms with E-state index in [1.165, 1.54) is 17.7 Å². The van der Waals surface area contributed by atoms with E-state index >= 15 is 4.39 Å². The Morgan fingerprint density at radius 2 is 1.91 bits per heavy atom. The van der Waals surface area contributed by atoms with Crippen LogP contribution < -0.4 is 5.69 Å². The van der Waals surface area contributed by atoms with E-state index in [2.05, 4.69) is 4.74 Å². The van der Waals surface area contributed by atoms with Crippen molar-refractivity contribution in [3.8, 4) is 5.69 Å². The molecule has 1 aromatic heterocycles. The van der Waals surface area contributed by atoms with Gasteiger partial charge in [0.2, 0.25) is 0 Å². The summed E-state index contributed by atoms with van der Waals surface area (Å²) < 4.78 is 28.1. The molecule has 0 saturated heterocycles. The first kappa shape index (κ1) is 22.1. The fraction of sp³-hybridized carbons (Fsp3) is 0.154. The van der Waals surface area contributed by atoms with Gasteiger partial charge in [-0.1, -0.05) is 41.9 Å². The monoisotopic (exact) mass is 478 g/mol. The second-order valence-corrected chi connectivity index (χ2v) is 8.34. The number of esters is 1. The minimum absolute atomic E-state index is 0.0665. The third-order valence-corrected chi connectivity index (χ3v) is 6.14. The minimum Gasteiger partial charge on any atom is -0.465 e. The molecule has 1 aliphatic heterocycles. The zero-order valence-corrected chi connectivity index (χ0v) is 19.0. The molecule has 0 aliphatic carbocycles. The lowest BCUT2D eigenvalue weighted by Gasteiger charge is -2.08. The van der Waals surface area contributed by atoms with E-state index in [1.807, 2.05) is 30.3 Å². The van der Waals surface area contributed by atoms with Crippen LogP contribution in [0.3, 0.4) is 0 Å². The average molecular weight is 479 g/mol. The highest BCUT2D eigenvalue weighted by molar-refractivity contribution is 6.31. The molecule has 1 aliphatic rings. The quantitative estimate of drug-likeness (QED) is 0.385. The number of carbonyl (C=O) groups excluding carboxylic acids is 1. The van der Waals surface area contributed by atoms with E-state index in [1.54, 1.807) is 34.9 Å². The summed E-state index contributed by atoms with van der Waals surface area (Å²) in [7, 11) is 1.19. The molecular formula is C26H20ClFN2O4. The molecular weight excluding hydrogens is 459 g/mol. The molecule has 5 rings (SSSR count). The first-order chi connectivity index (χ1) is 16.5. The highest BCUT2D eigenvalue weighted by atomic mass is 35.5. The van der Waals surface area contributed by atoms with Crippen molar-refractivity contribution in [1.82, 2.24) is 9.13 Å². The summed E-state index contributed by atoms with van der Waals surface area (Å²) in [6.45, 7) is 1.09. The summed E-state index contributed by atoms with van der Waals surface area (Å²) in [6, 6.07) is 17.2. The summed E-state index contributed by atoms with van der Waals surface area (Å²) in [5.41, 5.74) is 3.64. The third kappa shape index (κ3) is 3.83. The number of fused-ring (bicyclic) bond motifs is 1. The van der Waals surface area contributed by atoms with Gasteiger partial charge in [0.15, 0.2) is 0 Å². The van der Waals surface area contributed by atoms with Crippen LogP contribution in [0.25, 0.3) is 22.3 Å². The van der Waals surface area contributed by atoms with Gasteiger partial charge >= 0.3 is 11.7 Å². The number of rotatable bonds is 5. The Morgan fingerprint density at radius 3 is 2.62 bits per heavy atom. The maximum atomic E-state index is 15.1. The van der Waals surface area contributed by atoms with Crippen molar-refractivity contribution in [3.05, 3.63) is 105 Å². The zero-order chi connectivity index (χ0) is 23.8. The topological polar surface area (TPSA) is 62.5 Å². The SMILES string of the molecule is COC(=O)c1cccc(Cn2c(=O)n(-c3ccc(C4=CCOC4)cc3)c3cc(Cl)ccc32)c1F. The van der Waals surface area contributed by atoms with E-state index in [9.17, 15) is 9.59 Å². The van der Waals surface area contributed by atoms with Gasteiger partial charge in [-0.2, -0.15) is 0 Å². The number of hydrogen-bond acceptors (Lipinski definition) is 4. The highest BCUT2D eigenvalue weighted by Crippen LogP contribution is 2.25. The first-order valence-electron chi connectivity index (χ1n) is 10.6. The van der Waals surface area contributed by atoms with Crippen LogP contribution >= 0.6 is 11.6 Å². The van der Waals surface area contributed by atoms with E-state index in [4.69, 9.17) is 16.3 Å². The summed E-state index contributed by atoms with van der Waals surface area (Å²) in [5.74, 6) is -1.49. The summed E-state index contributed by atoms with van der Waals surface area (Å²) in [6.07, 6.45) is 2.03. The van der Waals surface area contributed by atoms with Crippen molar-refractivity contribution in [2.75, 3.05) is 20.3 Å². The molecule has 0 atom stereocenters. The predicted octanol–water partition coefficient (Wildman–Crippen LogP) is 4.83. The van der Waals surface area contributed by atoms with E-state index in [0.717, 1.165) is 11.1 Å². The molecule has 8 heteroatoms. The Morgan fingerprint density at radius 1 is 1.12 bits per heavy atom. The molecule has 0 fully saturated rings. The Kier molecular flexibility index (Phi) is 5.81. The second-order valence-electron chi connectivity index (χ2n) is 7.90. The van der Waals surface area contributed by atoms with Gasteiger partial charge in [-0.05, 0) is 47.5 Å². The number of nitrogens with zero attached hydrogens (tertiary/aromatic N) is 2. The van der Waals surface area contributed by atoms with Crippen molar-refractivity contribution < 1.29 is 18.7 Å². The van der Waals surface area contributed by atoms with Gasteiger partial charge in [-0.3, -0.25) is 9.13 Å². The lowest BCUT2D eigenvalue weighted by Crippen LogP contribution is -2.24. The lowest BCUT2D eigenvalue weighted by molar-refractivity contribution is 0.0595. The molecule has 0 unspecified atom stereocenters. The Hall–Kier alpha value is -3.68. The molecule has 34 heavy (non-hydrogen) atoms. The van der Waals surface area contributed by atoms with Crippen molar-refractivity contribution in [2.45, 2.75) is 6.54 Å². The predicted molar refractivity (Wildman–Crippen MR) is 128 cm³/mol. The number of carbonyl (C=O) groups is 1. The van der Waals surface area contributed by atoms with Gasteiger partial charge < -0.3 is 9.47 Å². The van der Waals surface area contributed by atoms with Gasteiger partial charge in [0.1, 0.15) is 5.82 Å². The molecule has 0 radical (unpaired) electrons. The highest BCUT2D eigenvalue weighted by Gasteiger charge is 2.20. The van der Waals surface area contributed by atoms with Crippen molar-refractivity contribution in [2.24, 2.45) is 0 Å². The minimum atomic E-state index is -0.774. The fourth-order valence-corrected chi connectivity index (χ4v) is 4.35. The van der Waals surface area contributed by atoms with Crippen LogP contribution in [-0.2, 0) is 16.0 Å². The van der Waals surface area contributed by atoms with Gasteiger partial charge in [0.25, 0.3) is 0 Å². The van der Waals surface area contributed by atoms with Gasteiger partial charge in [-0.25, -0.2) is 14.0 Å². The number of benzene rings is 3. The van der Waals surface area contributed by atoms with Gasteiger partial charge in [0, 0.05) is 10.6 Å². The molecule has 4 aromatic rings. The van der Waals surface area contributed by atoms with Crippen LogP contribution in [0.4, 0.5) is 4.39 Å². The molecule has 3 aromatic carbocycles. The zero-order valence-electron chi connectivity index (χ0n) is 18.3. The maximum Gasteiger partial charge on any atom is 0.340 e. The second kappa shape index (κ2) is 8.93. The van der Waals surface area contributed by atoms with Crippen LogP contribution in [0.2, 0.25) is 5.02 Å². The molecule has 0 spiro atoms. The summed E-state index contributed by atoms with van der Waals surface area (Å²) >= 11 is 6.25. The lowest BCUT2D eigenvalue weighted by atomic mass is 10.1. The van der Waals surface area contributed by atoms with Crippen molar-refractivity contribution in [3.63, 3.8) is 0 Å². The standard InChI is InChI=1S/C26H20ClFN2O4/c1-33-25(31)21-4-2-3-17(24(21)28)14-29-22-10-7-19(27)13-23(22)30(26(29)32)20-8-5-16(6-9-20)18-11-12-34-15-18/h2-11,13H,12,14-15H2,1H3. The first-order valence-corrected chi connectivity index (χ1v) is 11.0. The van der Waals surface area contributed by atoms with Crippen LogP contribution in [0.5, 0.6) is 0 Å². The Balaban J connectivity index is 1.62. The van der Waals surface area contributed by atoms with E-state index < -0.39 is 11.8 Å². The number of imidazole rings is 1. The molecule has 6 nitrogen and oxygen atoms in total. The Labute approximate surface area is 199 Å². The van der Waals surface area contributed by atoms with Gasteiger partial charge in [-0.15, -0.1) is 0 Å². The number of hydrogen-bond donors (Lipinski definition) is 0. The molecule has 0 bridgehead atoms. The molecule has 0 amide bonds. The summed E-state index contributed by atoms with van der Waals surface area (Å²) in [5, 5.41) is 0.474. The van der Waals surface area contributed by atoms with Crippen molar-refractivity contribution >= 4 is 34.2 Å². The Bertz CT molecular complexity index is 1500. The average Bonchev–Trinajstić information content (AvgIpc) is 3.47. The summed E-state index contributed by atoms with van der Waals surface area (Å²) in [4.78, 5) is 25.5. The van der Waals surface area contributed by atoms with E-state index in [0.29, 0.717) is 35.0 Å². The molecule has 0 N–H and O–H groups in total. The van der Waals surface area contributed by atoms with Gasteiger partial charge in [0.05, 0.1) is 49.2 Å².